The predicted octanol–water partition coefficient (Wildman–Crippen LogP) is 2.14. The van der Waals surface area contributed by atoms with Crippen LogP contribution in [0.3, 0.4) is 0 Å². The van der Waals surface area contributed by atoms with Crippen LogP contribution < -0.4 is 4.90 Å². The Balaban J connectivity index is 1.57. The van der Waals surface area contributed by atoms with Gasteiger partial charge in [-0.1, -0.05) is 17.7 Å². The third kappa shape index (κ3) is 3.95. The van der Waals surface area contributed by atoms with Gasteiger partial charge in [0.05, 0.1) is 11.1 Å². The van der Waals surface area contributed by atoms with Crippen molar-refractivity contribution in [2.75, 3.05) is 45.2 Å². The van der Waals surface area contributed by atoms with Crippen molar-refractivity contribution < 1.29 is 9.59 Å². The van der Waals surface area contributed by atoms with E-state index in [0.717, 1.165) is 10.9 Å². The molecule has 1 aliphatic rings. The van der Waals surface area contributed by atoms with Gasteiger partial charge in [0, 0.05) is 69.3 Å². The average molecular weight is 427 g/mol. The van der Waals surface area contributed by atoms with E-state index in [1.165, 1.54) is 4.90 Å². The van der Waals surface area contributed by atoms with Crippen LogP contribution in [-0.4, -0.2) is 76.4 Å². The van der Waals surface area contributed by atoms with Crippen molar-refractivity contribution in [1.29, 1.82) is 0 Å². The Morgan fingerprint density at radius 1 is 1.10 bits per heavy atom. The molecule has 3 aromatic rings. The van der Waals surface area contributed by atoms with Crippen molar-refractivity contribution in [2.24, 2.45) is 0 Å². The van der Waals surface area contributed by atoms with E-state index >= 15 is 0 Å². The van der Waals surface area contributed by atoms with Gasteiger partial charge in [0.2, 0.25) is 11.9 Å². The van der Waals surface area contributed by atoms with E-state index in [1.807, 2.05) is 11.0 Å². The number of fused-ring (bicyclic) bond motifs is 1. The summed E-state index contributed by atoms with van der Waals surface area (Å²) in [5, 5.41) is 1.36. The second-order valence-electron chi connectivity index (χ2n) is 7.45. The van der Waals surface area contributed by atoms with Gasteiger partial charge < -0.3 is 19.3 Å². The van der Waals surface area contributed by atoms with E-state index in [-0.39, 0.29) is 18.4 Å². The largest absolute Gasteiger partial charge is 0.347 e. The van der Waals surface area contributed by atoms with E-state index in [0.29, 0.717) is 42.7 Å². The van der Waals surface area contributed by atoms with Gasteiger partial charge in [-0.3, -0.25) is 9.59 Å². The molecule has 0 atom stereocenters. The summed E-state index contributed by atoms with van der Waals surface area (Å²) in [5.74, 6) is 0.576. The zero-order valence-electron chi connectivity index (χ0n) is 17.0. The fraction of sp³-hybridized carbons (Fsp3) is 0.333. The molecular formula is C21H23ClN6O2. The van der Waals surface area contributed by atoms with Crippen LogP contribution in [0.2, 0.25) is 5.02 Å². The normalized spacial score (nSPS) is 14.2. The first kappa shape index (κ1) is 20.2. The number of benzene rings is 1. The molecule has 4 rings (SSSR count). The molecule has 9 heteroatoms. The van der Waals surface area contributed by atoms with Gasteiger partial charge in [-0.2, -0.15) is 0 Å². The number of nitrogens with zero attached hydrogens (tertiary/aromatic N) is 6. The van der Waals surface area contributed by atoms with Crippen LogP contribution in [0.25, 0.3) is 10.9 Å². The fourth-order valence-corrected chi connectivity index (χ4v) is 3.75. The summed E-state index contributed by atoms with van der Waals surface area (Å²) in [7, 11) is 3.42. The summed E-state index contributed by atoms with van der Waals surface area (Å²) in [4.78, 5) is 39.6. The van der Waals surface area contributed by atoms with E-state index in [1.54, 1.807) is 55.5 Å². The molecule has 0 saturated carbocycles. The maximum absolute atomic E-state index is 13.3. The van der Waals surface area contributed by atoms with Gasteiger partial charge in [0.1, 0.15) is 6.54 Å². The fourth-order valence-electron chi connectivity index (χ4n) is 3.59. The van der Waals surface area contributed by atoms with E-state index in [9.17, 15) is 9.59 Å². The Kier molecular flexibility index (Phi) is 5.59. The first-order chi connectivity index (χ1) is 14.4. The number of hydrogen-bond acceptors (Lipinski definition) is 5. The number of hydrogen-bond donors (Lipinski definition) is 0. The number of carbonyl (C=O) groups excluding carboxylic acids is 2. The third-order valence-electron chi connectivity index (χ3n) is 5.28. The molecule has 0 spiro atoms. The SMILES string of the molecule is CN(C)C(=O)Cn1cc(C(=O)N2CCN(c3ncccn3)CC2)c2ccc(Cl)cc21. The summed E-state index contributed by atoms with van der Waals surface area (Å²) in [6.07, 6.45) is 5.20. The van der Waals surface area contributed by atoms with Gasteiger partial charge in [-0.05, 0) is 18.2 Å². The van der Waals surface area contributed by atoms with Gasteiger partial charge in [0.25, 0.3) is 5.91 Å². The monoisotopic (exact) mass is 426 g/mol. The second kappa shape index (κ2) is 8.31. The minimum atomic E-state index is -0.0534. The number of anilines is 1. The first-order valence-electron chi connectivity index (χ1n) is 9.74. The molecule has 3 heterocycles. The van der Waals surface area contributed by atoms with Gasteiger partial charge in [-0.15, -0.1) is 0 Å². The standard InChI is InChI=1S/C21H23ClN6O2/c1-25(2)19(29)14-28-13-17(16-5-4-15(22)12-18(16)28)20(30)26-8-10-27(11-9-26)21-23-6-3-7-24-21/h3-7,12-13H,8-11,14H2,1-2H3. The lowest BCUT2D eigenvalue weighted by Gasteiger charge is -2.34. The number of piperazine rings is 1. The van der Waals surface area contributed by atoms with Crippen molar-refractivity contribution in [3.8, 4) is 0 Å². The highest BCUT2D eigenvalue weighted by Gasteiger charge is 2.26. The number of carbonyl (C=O) groups is 2. The van der Waals surface area contributed by atoms with Crippen LogP contribution in [-0.2, 0) is 11.3 Å². The van der Waals surface area contributed by atoms with E-state index in [2.05, 4.69) is 14.9 Å². The molecule has 1 aliphatic heterocycles. The van der Waals surface area contributed by atoms with Crippen molar-refractivity contribution >= 4 is 40.3 Å². The molecule has 0 N–H and O–H groups in total. The summed E-state index contributed by atoms with van der Waals surface area (Å²) in [5.41, 5.74) is 1.36. The minimum absolute atomic E-state index is 0.0491. The number of rotatable bonds is 4. The Bertz CT molecular complexity index is 1070. The van der Waals surface area contributed by atoms with Crippen LogP contribution >= 0.6 is 11.6 Å². The molecule has 0 bridgehead atoms. The molecule has 30 heavy (non-hydrogen) atoms. The molecule has 1 aromatic carbocycles. The zero-order valence-corrected chi connectivity index (χ0v) is 17.7. The maximum Gasteiger partial charge on any atom is 0.256 e. The second-order valence-corrected chi connectivity index (χ2v) is 7.88. The summed E-state index contributed by atoms with van der Waals surface area (Å²) in [6.45, 7) is 2.64. The van der Waals surface area contributed by atoms with Crippen molar-refractivity contribution in [2.45, 2.75) is 6.54 Å². The van der Waals surface area contributed by atoms with Crippen LogP contribution in [0, 0.1) is 0 Å². The molecule has 0 unspecified atom stereocenters. The Labute approximate surface area is 179 Å². The van der Waals surface area contributed by atoms with E-state index < -0.39 is 0 Å². The molecule has 2 amide bonds. The summed E-state index contributed by atoms with van der Waals surface area (Å²) in [6, 6.07) is 7.19. The van der Waals surface area contributed by atoms with E-state index in [4.69, 9.17) is 11.6 Å². The predicted molar refractivity (Wildman–Crippen MR) is 116 cm³/mol. The summed E-state index contributed by atoms with van der Waals surface area (Å²) < 4.78 is 1.80. The lowest BCUT2D eigenvalue weighted by atomic mass is 10.1. The van der Waals surface area contributed by atoms with Crippen molar-refractivity contribution in [1.82, 2.24) is 24.3 Å². The molecular weight excluding hydrogens is 404 g/mol. The molecule has 2 aromatic heterocycles. The maximum atomic E-state index is 13.3. The Morgan fingerprint density at radius 2 is 1.80 bits per heavy atom. The Morgan fingerprint density at radius 3 is 2.47 bits per heavy atom. The van der Waals surface area contributed by atoms with Crippen molar-refractivity contribution in [3.63, 3.8) is 0 Å². The highest BCUT2D eigenvalue weighted by atomic mass is 35.5. The number of likely N-dealkylation sites (N-methyl/N-ethyl adjacent to an activating group) is 1. The molecule has 1 fully saturated rings. The molecule has 8 nitrogen and oxygen atoms in total. The topological polar surface area (TPSA) is 74.6 Å². The van der Waals surface area contributed by atoms with Crippen LogP contribution in [0.5, 0.6) is 0 Å². The van der Waals surface area contributed by atoms with Crippen LogP contribution in [0.15, 0.2) is 42.9 Å². The lowest BCUT2D eigenvalue weighted by molar-refractivity contribution is -0.129. The number of amides is 2. The Hall–Kier alpha value is -3.13. The van der Waals surface area contributed by atoms with Crippen LogP contribution in [0.4, 0.5) is 5.95 Å². The highest BCUT2D eigenvalue weighted by Crippen LogP contribution is 2.26. The third-order valence-corrected chi connectivity index (χ3v) is 5.52. The van der Waals surface area contributed by atoms with Gasteiger partial charge in [-0.25, -0.2) is 9.97 Å². The molecule has 0 aliphatic carbocycles. The quantitative estimate of drug-likeness (QED) is 0.639. The van der Waals surface area contributed by atoms with Gasteiger partial charge >= 0.3 is 0 Å². The minimum Gasteiger partial charge on any atom is -0.347 e. The van der Waals surface area contributed by atoms with Crippen molar-refractivity contribution in [3.05, 3.63) is 53.4 Å². The molecule has 1 saturated heterocycles. The number of aromatic nitrogens is 3. The summed E-state index contributed by atoms with van der Waals surface area (Å²) >= 11 is 6.18. The van der Waals surface area contributed by atoms with Crippen LogP contribution in [0.1, 0.15) is 10.4 Å². The molecule has 0 radical (unpaired) electrons. The number of halogens is 1. The zero-order chi connectivity index (χ0) is 21.3. The first-order valence-corrected chi connectivity index (χ1v) is 10.1. The smallest absolute Gasteiger partial charge is 0.256 e. The lowest BCUT2D eigenvalue weighted by Crippen LogP contribution is -2.49. The highest BCUT2D eigenvalue weighted by molar-refractivity contribution is 6.31. The average Bonchev–Trinajstić information content (AvgIpc) is 3.11. The molecule has 156 valence electrons. The van der Waals surface area contributed by atoms with Gasteiger partial charge in [0.15, 0.2) is 0 Å².